The number of amides is 1. The molecule has 1 aliphatic rings. The summed E-state index contributed by atoms with van der Waals surface area (Å²) in [5.74, 6) is 1.62. The van der Waals surface area contributed by atoms with E-state index in [-0.39, 0.29) is 12.1 Å². The molecule has 4 aromatic heterocycles. The van der Waals surface area contributed by atoms with Gasteiger partial charge in [-0.05, 0) is 69.5 Å². The van der Waals surface area contributed by atoms with E-state index in [1.54, 1.807) is 6.20 Å². The van der Waals surface area contributed by atoms with Gasteiger partial charge in [0.2, 0.25) is 0 Å². The second-order valence-corrected chi connectivity index (χ2v) is 11.2. The zero-order valence-electron chi connectivity index (χ0n) is 23.5. The number of fused-ring (bicyclic) bond motifs is 1. The summed E-state index contributed by atoms with van der Waals surface area (Å²) in [5.41, 5.74) is 4.68. The smallest absolute Gasteiger partial charge is 0.410 e. The molecule has 9 heteroatoms. The van der Waals surface area contributed by atoms with Crippen LogP contribution in [0.15, 0.2) is 55.1 Å². The van der Waals surface area contributed by atoms with Crippen LogP contribution < -0.4 is 4.90 Å². The highest BCUT2D eigenvalue weighted by Gasteiger charge is 2.31. The van der Waals surface area contributed by atoms with Gasteiger partial charge in [0.15, 0.2) is 0 Å². The number of piperazine rings is 1. The van der Waals surface area contributed by atoms with Crippen molar-refractivity contribution in [1.82, 2.24) is 29.2 Å². The minimum atomic E-state index is -0.521. The predicted molar refractivity (Wildman–Crippen MR) is 151 cm³/mol. The van der Waals surface area contributed by atoms with Crippen molar-refractivity contribution in [2.45, 2.75) is 65.5 Å². The molecule has 1 aliphatic heterocycles. The molecule has 0 bridgehead atoms. The molecule has 0 saturated carbocycles. The van der Waals surface area contributed by atoms with Crippen molar-refractivity contribution in [2.24, 2.45) is 0 Å². The molecule has 0 aliphatic carbocycles. The number of anilines is 1. The Balaban J connectivity index is 1.41. The fraction of sp³-hybridized carbons (Fsp3) is 0.433. The normalized spacial score (nSPS) is 16.1. The number of carbonyl (C=O) groups excluding carboxylic acids is 1. The molecule has 0 N–H and O–H groups in total. The van der Waals surface area contributed by atoms with Gasteiger partial charge in [-0.2, -0.15) is 0 Å². The highest BCUT2D eigenvalue weighted by atomic mass is 16.6. The predicted octanol–water partition coefficient (Wildman–Crippen LogP) is 4.71. The number of pyridine rings is 2. The molecular weight excluding hydrogens is 490 g/mol. The Labute approximate surface area is 229 Å². The number of aromatic nitrogens is 5. The standard InChI is InChI=1S/C30H37N7O2/c1-6-22-7-9-31-24(15-22)18-26-33-25(16-23-8-11-35-12-10-32-27(35)17-23)19-28(34-26)36-13-14-37(21(2)20-36)29(38)39-30(3,4)5/h7-12,15,17,19,21H,6,13-14,16,18,20H2,1-5H3/t21-/m0/s1. The molecule has 1 saturated heterocycles. The number of hydrogen-bond acceptors (Lipinski definition) is 7. The van der Waals surface area contributed by atoms with Crippen molar-refractivity contribution in [1.29, 1.82) is 0 Å². The van der Waals surface area contributed by atoms with Crippen molar-refractivity contribution in [3.63, 3.8) is 0 Å². The third-order valence-electron chi connectivity index (χ3n) is 6.87. The summed E-state index contributed by atoms with van der Waals surface area (Å²) in [6.07, 6.45) is 9.54. The van der Waals surface area contributed by atoms with Gasteiger partial charge in [-0.25, -0.2) is 19.7 Å². The number of carbonyl (C=O) groups is 1. The van der Waals surface area contributed by atoms with Gasteiger partial charge >= 0.3 is 6.09 Å². The van der Waals surface area contributed by atoms with E-state index >= 15 is 0 Å². The largest absolute Gasteiger partial charge is 0.444 e. The highest BCUT2D eigenvalue weighted by molar-refractivity contribution is 5.69. The van der Waals surface area contributed by atoms with Gasteiger partial charge in [0, 0.05) is 68.6 Å². The second-order valence-electron chi connectivity index (χ2n) is 11.2. The highest BCUT2D eigenvalue weighted by Crippen LogP contribution is 2.22. The summed E-state index contributed by atoms with van der Waals surface area (Å²) in [6, 6.07) is 10.4. The van der Waals surface area contributed by atoms with Crippen LogP contribution in [0.5, 0.6) is 0 Å². The Morgan fingerprint density at radius 3 is 2.59 bits per heavy atom. The van der Waals surface area contributed by atoms with E-state index in [0.717, 1.165) is 40.7 Å². The minimum absolute atomic E-state index is 0.0128. The molecule has 5 heterocycles. The average molecular weight is 528 g/mol. The Morgan fingerprint density at radius 2 is 1.82 bits per heavy atom. The van der Waals surface area contributed by atoms with Crippen LogP contribution in [0.4, 0.5) is 10.6 Å². The van der Waals surface area contributed by atoms with Crippen molar-refractivity contribution in [3.05, 3.63) is 83.5 Å². The van der Waals surface area contributed by atoms with Crippen molar-refractivity contribution < 1.29 is 9.53 Å². The molecule has 1 fully saturated rings. The SMILES string of the molecule is CCc1ccnc(Cc2nc(Cc3ccn4ccnc4c3)cc(N3CCN(C(=O)OC(C)(C)C)[C@@H](C)C3)n2)c1. The van der Waals surface area contributed by atoms with E-state index in [4.69, 9.17) is 14.7 Å². The molecule has 5 rings (SSSR count). The second kappa shape index (κ2) is 11.0. The van der Waals surface area contributed by atoms with Crippen molar-refractivity contribution >= 4 is 17.6 Å². The molecule has 204 valence electrons. The van der Waals surface area contributed by atoms with Crippen LogP contribution in [0.25, 0.3) is 5.65 Å². The molecule has 39 heavy (non-hydrogen) atoms. The number of nitrogens with zero attached hydrogens (tertiary/aromatic N) is 7. The summed E-state index contributed by atoms with van der Waals surface area (Å²) in [7, 11) is 0. The van der Waals surface area contributed by atoms with E-state index < -0.39 is 5.60 Å². The van der Waals surface area contributed by atoms with Gasteiger partial charge in [0.05, 0.1) is 12.1 Å². The van der Waals surface area contributed by atoms with E-state index in [1.165, 1.54) is 5.56 Å². The first kappa shape index (κ1) is 26.6. The number of aryl methyl sites for hydroxylation is 1. The van der Waals surface area contributed by atoms with Crippen molar-refractivity contribution in [2.75, 3.05) is 24.5 Å². The summed E-state index contributed by atoms with van der Waals surface area (Å²) in [6.45, 7) is 11.8. The summed E-state index contributed by atoms with van der Waals surface area (Å²) < 4.78 is 7.63. The number of hydrogen-bond donors (Lipinski definition) is 0. The molecule has 0 unspecified atom stereocenters. The van der Waals surface area contributed by atoms with E-state index in [2.05, 4.69) is 53.0 Å². The lowest BCUT2D eigenvalue weighted by atomic mass is 10.1. The first-order valence-electron chi connectivity index (χ1n) is 13.6. The molecule has 9 nitrogen and oxygen atoms in total. The Hall–Kier alpha value is -4.01. The summed E-state index contributed by atoms with van der Waals surface area (Å²) in [5, 5.41) is 0. The maximum Gasteiger partial charge on any atom is 0.410 e. The van der Waals surface area contributed by atoms with Gasteiger partial charge in [0.25, 0.3) is 0 Å². The molecular formula is C30H37N7O2. The van der Waals surface area contributed by atoms with Gasteiger partial charge in [-0.1, -0.05) is 6.92 Å². The molecule has 1 amide bonds. The summed E-state index contributed by atoms with van der Waals surface area (Å²) in [4.78, 5) is 35.7. The van der Waals surface area contributed by atoms with E-state index in [9.17, 15) is 4.79 Å². The van der Waals surface area contributed by atoms with Crippen LogP contribution >= 0.6 is 0 Å². The number of imidazole rings is 1. The van der Waals surface area contributed by atoms with Gasteiger partial charge in [0.1, 0.15) is 22.9 Å². The Morgan fingerprint density at radius 1 is 0.974 bits per heavy atom. The third-order valence-corrected chi connectivity index (χ3v) is 6.87. The monoisotopic (exact) mass is 527 g/mol. The van der Waals surface area contributed by atoms with E-state index in [1.807, 2.05) is 54.7 Å². The van der Waals surface area contributed by atoms with Crippen LogP contribution in [0.2, 0.25) is 0 Å². The van der Waals surface area contributed by atoms with Gasteiger partial charge < -0.3 is 18.9 Å². The Bertz CT molecular complexity index is 1460. The number of rotatable bonds is 6. The molecule has 4 aromatic rings. The fourth-order valence-corrected chi connectivity index (χ4v) is 4.90. The minimum Gasteiger partial charge on any atom is -0.444 e. The first-order chi connectivity index (χ1) is 18.7. The molecule has 1 atom stereocenters. The fourth-order valence-electron chi connectivity index (χ4n) is 4.90. The van der Waals surface area contributed by atoms with E-state index in [0.29, 0.717) is 32.5 Å². The lowest BCUT2D eigenvalue weighted by Gasteiger charge is -2.40. The third kappa shape index (κ3) is 6.53. The maximum absolute atomic E-state index is 12.8. The molecule has 0 radical (unpaired) electrons. The van der Waals surface area contributed by atoms with Crippen LogP contribution in [-0.4, -0.2) is 66.6 Å². The lowest BCUT2D eigenvalue weighted by molar-refractivity contribution is 0.0158. The average Bonchev–Trinajstić information content (AvgIpc) is 3.35. The van der Waals surface area contributed by atoms with Crippen LogP contribution in [0, 0.1) is 0 Å². The maximum atomic E-state index is 12.8. The quantitative estimate of drug-likeness (QED) is 0.359. The molecule has 0 spiro atoms. The van der Waals surface area contributed by atoms with Crippen molar-refractivity contribution in [3.8, 4) is 0 Å². The zero-order valence-corrected chi connectivity index (χ0v) is 23.5. The Kier molecular flexibility index (Phi) is 7.50. The van der Waals surface area contributed by atoms with Gasteiger partial charge in [-0.15, -0.1) is 0 Å². The van der Waals surface area contributed by atoms with Crippen LogP contribution in [-0.2, 0) is 24.0 Å². The summed E-state index contributed by atoms with van der Waals surface area (Å²) >= 11 is 0. The molecule has 0 aromatic carbocycles. The zero-order chi connectivity index (χ0) is 27.6. The number of ether oxygens (including phenoxy) is 1. The first-order valence-corrected chi connectivity index (χ1v) is 13.6. The van der Waals surface area contributed by atoms with Crippen LogP contribution in [0.1, 0.15) is 63.0 Å². The topological polar surface area (TPSA) is 88.8 Å². The van der Waals surface area contributed by atoms with Crippen LogP contribution in [0.3, 0.4) is 0 Å². The van der Waals surface area contributed by atoms with Gasteiger partial charge in [-0.3, -0.25) is 4.98 Å². The lowest BCUT2D eigenvalue weighted by Crippen LogP contribution is -2.55.